The van der Waals surface area contributed by atoms with Gasteiger partial charge >= 0.3 is 0 Å². The molecule has 5 heteroatoms. The number of amides is 1. The maximum absolute atomic E-state index is 13.4. The van der Waals surface area contributed by atoms with Crippen LogP contribution in [0.25, 0.3) is 0 Å². The van der Waals surface area contributed by atoms with Crippen LogP contribution in [0.5, 0.6) is 0 Å². The summed E-state index contributed by atoms with van der Waals surface area (Å²) < 4.78 is 26.1. The van der Waals surface area contributed by atoms with Gasteiger partial charge in [0.1, 0.15) is 11.6 Å². The molecule has 2 rings (SSSR count). The van der Waals surface area contributed by atoms with E-state index in [0.717, 1.165) is 12.1 Å². The highest BCUT2D eigenvalue weighted by atomic mass is 19.1. The number of nitrogens with one attached hydrogen (secondary N) is 1. The van der Waals surface area contributed by atoms with Crippen molar-refractivity contribution >= 4 is 5.91 Å². The molecular weight excluding hydrogens is 240 g/mol. The minimum Gasteiger partial charge on any atom is -0.392 e. The lowest BCUT2D eigenvalue weighted by molar-refractivity contribution is -0.0689. The van der Waals surface area contributed by atoms with Gasteiger partial charge in [0, 0.05) is 17.5 Å². The van der Waals surface area contributed by atoms with Crippen molar-refractivity contribution in [1.29, 1.82) is 0 Å². The van der Waals surface area contributed by atoms with Crippen LogP contribution < -0.4 is 5.32 Å². The Labute approximate surface area is 104 Å². The van der Waals surface area contributed by atoms with Gasteiger partial charge in [-0.25, -0.2) is 8.78 Å². The van der Waals surface area contributed by atoms with Crippen LogP contribution in [0.15, 0.2) is 18.2 Å². The van der Waals surface area contributed by atoms with Gasteiger partial charge < -0.3 is 10.4 Å². The van der Waals surface area contributed by atoms with Gasteiger partial charge in [-0.05, 0) is 18.6 Å². The van der Waals surface area contributed by atoms with Gasteiger partial charge in [0.15, 0.2) is 0 Å². The molecule has 0 bridgehead atoms. The second-order valence-corrected chi connectivity index (χ2v) is 5.22. The third kappa shape index (κ3) is 2.10. The zero-order chi connectivity index (χ0) is 13.5. The number of aliphatic hydroxyl groups excluding tert-OH is 1. The molecule has 2 atom stereocenters. The van der Waals surface area contributed by atoms with E-state index in [4.69, 9.17) is 0 Å². The minimum atomic E-state index is -0.884. The molecule has 2 N–H and O–H groups in total. The van der Waals surface area contributed by atoms with Gasteiger partial charge in [-0.2, -0.15) is 0 Å². The van der Waals surface area contributed by atoms with E-state index in [9.17, 15) is 18.7 Å². The summed E-state index contributed by atoms with van der Waals surface area (Å²) in [6, 6.07) is 2.63. The number of halogens is 2. The monoisotopic (exact) mass is 255 g/mol. The zero-order valence-electron chi connectivity index (χ0n) is 10.2. The predicted molar refractivity (Wildman–Crippen MR) is 62.0 cm³/mol. The van der Waals surface area contributed by atoms with Gasteiger partial charge in [-0.15, -0.1) is 0 Å². The molecule has 98 valence electrons. The standard InChI is InChI=1S/C13H15F2NO2/c1-13(2)10(6-11(13)17)16-12(18)8-4-3-7(14)5-9(8)15/h3-5,10-11,17H,6H2,1-2H3,(H,16,18). The van der Waals surface area contributed by atoms with Crippen LogP contribution in [-0.2, 0) is 0 Å². The fourth-order valence-corrected chi connectivity index (χ4v) is 2.06. The van der Waals surface area contributed by atoms with E-state index in [2.05, 4.69) is 5.32 Å². The zero-order valence-corrected chi connectivity index (χ0v) is 10.2. The largest absolute Gasteiger partial charge is 0.392 e. The van der Waals surface area contributed by atoms with Crippen molar-refractivity contribution < 1.29 is 18.7 Å². The third-order valence-corrected chi connectivity index (χ3v) is 3.70. The van der Waals surface area contributed by atoms with Crippen molar-refractivity contribution in [3.63, 3.8) is 0 Å². The summed E-state index contributed by atoms with van der Waals surface area (Å²) >= 11 is 0. The van der Waals surface area contributed by atoms with Gasteiger partial charge in [0.25, 0.3) is 5.91 Å². The Kier molecular flexibility index (Phi) is 3.11. The Balaban J connectivity index is 2.09. The van der Waals surface area contributed by atoms with E-state index >= 15 is 0 Å². The molecule has 2 unspecified atom stereocenters. The van der Waals surface area contributed by atoms with Crippen LogP contribution in [0.2, 0.25) is 0 Å². The quantitative estimate of drug-likeness (QED) is 0.847. The summed E-state index contributed by atoms with van der Waals surface area (Å²) in [6.07, 6.45) is -0.0254. The number of aliphatic hydroxyl groups is 1. The molecule has 18 heavy (non-hydrogen) atoms. The molecule has 0 aliphatic heterocycles. The second kappa shape index (κ2) is 4.31. The number of carbonyl (C=O) groups is 1. The Bertz CT molecular complexity index is 488. The minimum absolute atomic E-state index is 0.186. The van der Waals surface area contributed by atoms with Crippen molar-refractivity contribution in [3.05, 3.63) is 35.4 Å². The fraction of sp³-hybridized carbons (Fsp3) is 0.462. The third-order valence-electron chi connectivity index (χ3n) is 3.70. The Hall–Kier alpha value is -1.49. The molecule has 0 aromatic heterocycles. The van der Waals surface area contributed by atoms with Crippen molar-refractivity contribution in [3.8, 4) is 0 Å². The first-order valence-electron chi connectivity index (χ1n) is 5.76. The van der Waals surface area contributed by atoms with E-state index in [1.54, 1.807) is 0 Å². The van der Waals surface area contributed by atoms with E-state index in [0.29, 0.717) is 12.5 Å². The maximum atomic E-state index is 13.4. The molecule has 3 nitrogen and oxygen atoms in total. The highest BCUT2D eigenvalue weighted by Gasteiger charge is 2.48. The predicted octanol–water partition coefficient (Wildman–Crippen LogP) is 1.85. The molecule has 0 radical (unpaired) electrons. The summed E-state index contributed by atoms with van der Waals surface area (Å²) in [7, 11) is 0. The normalized spacial score (nSPS) is 25.4. The van der Waals surface area contributed by atoms with E-state index in [1.807, 2.05) is 13.8 Å². The van der Waals surface area contributed by atoms with Gasteiger partial charge in [-0.3, -0.25) is 4.79 Å². The molecule has 1 aliphatic carbocycles. The van der Waals surface area contributed by atoms with E-state index in [1.165, 1.54) is 0 Å². The molecule has 1 saturated carbocycles. The van der Waals surface area contributed by atoms with Crippen LogP contribution >= 0.6 is 0 Å². The van der Waals surface area contributed by atoms with Gasteiger partial charge in [-0.1, -0.05) is 13.8 Å². The van der Waals surface area contributed by atoms with Crippen LogP contribution in [0.1, 0.15) is 30.6 Å². The molecule has 0 saturated heterocycles. The number of benzene rings is 1. The van der Waals surface area contributed by atoms with Crippen molar-refractivity contribution in [2.24, 2.45) is 5.41 Å². The molecule has 0 heterocycles. The lowest BCUT2D eigenvalue weighted by Crippen LogP contribution is -2.61. The summed E-state index contributed by atoms with van der Waals surface area (Å²) in [5.74, 6) is -2.19. The molecule has 1 aromatic carbocycles. The summed E-state index contributed by atoms with van der Waals surface area (Å²) in [4.78, 5) is 11.8. The lowest BCUT2D eigenvalue weighted by atomic mass is 9.64. The number of hydrogen-bond acceptors (Lipinski definition) is 2. The molecule has 1 aromatic rings. The summed E-state index contributed by atoms with van der Waals surface area (Å²) in [6.45, 7) is 3.65. The number of rotatable bonds is 2. The molecule has 0 spiro atoms. The first kappa shape index (κ1) is 13.0. The average molecular weight is 255 g/mol. The molecular formula is C13H15F2NO2. The van der Waals surface area contributed by atoms with Crippen molar-refractivity contribution in [2.75, 3.05) is 0 Å². The van der Waals surface area contributed by atoms with Crippen molar-refractivity contribution in [2.45, 2.75) is 32.4 Å². The SMILES string of the molecule is CC1(C)C(O)CC1NC(=O)c1ccc(F)cc1F. The second-order valence-electron chi connectivity index (χ2n) is 5.22. The summed E-state index contributed by atoms with van der Waals surface area (Å²) in [5, 5.41) is 12.2. The topological polar surface area (TPSA) is 49.3 Å². The summed E-state index contributed by atoms with van der Waals surface area (Å²) in [5.41, 5.74) is -0.611. The van der Waals surface area contributed by atoms with E-state index in [-0.39, 0.29) is 11.6 Å². The first-order chi connectivity index (χ1) is 8.32. The first-order valence-corrected chi connectivity index (χ1v) is 5.76. The van der Waals surface area contributed by atoms with Gasteiger partial charge in [0.05, 0.1) is 11.7 Å². The number of carbonyl (C=O) groups excluding carboxylic acids is 1. The number of hydrogen-bond donors (Lipinski definition) is 2. The van der Waals surface area contributed by atoms with E-state index < -0.39 is 29.1 Å². The Morgan fingerprint density at radius 3 is 2.61 bits per heavy atom. The van der Waals surface area contributed by atoms with Crippen LogP contribution in [0.3, 0.4) is 0 Å². The van der Waals surface area contributed by atoms with Gasteiger partial charge in [0.2, 0.25) is 0 Å². The molecule has 1 aliphatic rings. The van der Waals surface area contributed by atoms with Crippen LogP contribution in [0.4, 0.5) is 8.78 Å². The fourth-order valence-electron chi connectivity index (χ4n) is 2.06. The molecule has 1 fully saturated rings. The van der Waals surface area contributed by atoms with Crippen LogP contribution in [0, 0.1) is 17.0 Å². The van der Waals surface area contributed by atoms with Crippen molar-refractivity contribution in [1.82, 2.24) is 5.32 Å². The lowest BCUT2D eigenvalue weighted by Gasteiger charge is -2.49. The smallest absolute Gasteiger partial charge is 0.254 e. The highest BCUT2D eigenvalue weighted by Crippen LogP contribution is 2.40. The highest BCUT2D eigenvalue weighted by molar-refractivity contribution is 5.94. The Morgan fingerprint density at radius 1 is 1.44 bits per heavy atom. The maximum Gasteiger partial charge on any atom is 0.254 e. The average Bonchev–Trinajstić information content (AvgIpc) is 2.28. The molecule has 1 amide bonds. The Morgan fingerprint density at radius 2 is 2.11 bits per heavy atom. The van der Waals surface area contributed by atoms with Crippen LogP contribution in [-0.4, -0.2) is 23.2 Å².